The minimum atomic E-state index is 0.281. The van der Waals surface area contributed by atoms with Gasteiger partial charge >= 0.3 is 0 Å². The number of anilines is 1. The number of halogens is 1. The number of hydrogen-bond acceptors (Lipinski definition) is 5. The van der Waals surface area contributed by atoms with Crippen LogP contribution in [-0.2, 0) is 0 Å². The van der Waals surface area contributed by atoms with Crippen LogP contribution in [0.25, 0.3) is 22.4 Å². The fourth-order valence-electron chi connectivity index (χ4n) is 2.11. The van der Waals surface area contributed by atoms with Crippen LogP contribution in [0.3, 0.4) is 0 Å². The molecule has 0 aliphatic heterocycles. The van der Waals surface area contributed by atoms with Gasteiger partial charge in [0.2, 0.25) is 5.88 Å². The monoisotopic (exact) mass is 345 g/mol. The van der Waals surface area contributed by atoms with E-state index in [9.17, 15) is 0 Å². The Labute approximate surface area is 129 Å². The normalized spacial score (nSPS) is 10.6. The molecule has 2 aromatic heterocycles. The summed E-state index contributed by atoms with van der Waals surface area (Å²) in [4.78, 5) is 4.01. The predicted octanol–water partition coefficient (Wildman–Crippen LogP) is 3.76. The number of nitrogens with two attached hydrogens (primary N) is 1. The van der Waals surface area contributed by atoms with Crippen LogP contribution in [-0.4, -0.2) is 17.3 Å². The van der Waals surface area contributed by atoms with Gasteiger partial charge in [-0.2, -0.15) is 0 Å². The van der Waals surface area contributed by atoms with Crippen molar-refractivity contribution in [2.75, 3.05) is 12.8 Å². The zero-order valence-electron chi connectivity index (χ0n) is 11.2. The van der Waals surface area contributed by atoms with Crippen molar-refractivity contribution in [2.45, 2.75) is 0 Å². The summed E-state index contributed by atoms with van der Waals surface area (Å²) in [5.74, 6) is 1.03. The predicted molar refractivity (Wildman–Crippen MR) is 83.8 cm³/mol. The van der Waals surface area contributed by atoms with Crippen molar-refractivity contribution in [3.63, 3.8) is 0 Å². The third-order valence-corrected chi connectivity index (χ3v) is 3.73. The third kappa shape index (κ3) is 2.50. The molecule has 2 heterocycles. The quantitative estimate of drug-likeness (QED) is 0.782. The second kappa shape index (κ2) is 5.57. The first kappa shape index (κ1) is 13.6. The first-order valence-electron chi connectivity index (χ1n) is 6.20. The molecule has 3 rings (SSSR count). The molecular weight excluding hydrogens is 334 g/mol. The number of benzene rings is 1. The van der Waals surface area contributed by atoms with E-state index in [2.05, 4.69) is 26.1 Å². The second-order valence-electron chi connectivity index (χ2n) is 4.36. The molecule has 0 radical (unpaired) electrons. The number of methoxy groups -OCH3 is 1. The van der Waals surface area contributed by atoms with Crippen LogP contribution in [0.2, 0.25) is 0 Å². The molecule has 0 fully saturated rings. The van der Waals surface area contributed by atoms with E-state index in [1.165, 1.54) is 0 Å². The van der Waals surface area contributed by atoms with Gasteiger partial charge in [-0.25, -0.2) is 0 Å². The Hall–Kier alpha value is -2.34. The topological polar surface area (TPSA) is 74.2 Å². The zero-order valence-corrected chi connectivity index (χ0v) is 12.8. The van der Waals surface area contributed by atoms with Crippen LogP contribution in [0, 0.1) is 0 Å². The van der Waals surface area contributed by atoms with Gasteiger partial charge in [0.05, 0.1) is 17.1 Å². The van der Waals surface area contributed by atoms with Crippen molar-refractivity contribution >= 4 is 21.8 Å². The Morgan fingerprint density at radius 2 is 1.90 bits per heavy atom. The van der Waals surface area contributed by atoms with Crippen molar-refractivity contribution in [1.82, 2.24) is 10.1 Å². The van der Waals surface area contributed by atoms with E-state index in [0.717, 1.165) is 26.9 Å². The number of rotatable bonds is 3. The Morgan fingerprint density at radius 1 is 1.14 bits per heavy atom. The number of nitrogens with zero attached hydrogens (tertiary/aromatic N) is 2. The van der Waals surface area contributed by atoms with Gasteiger partial charge in [-0.15, -0.1) is 0 Å². The standard InChI is InChI=1S/C15H12BrN3O2/c1-20-12-3-2-10(8-11(12)16)14-13(15(17)21-19-14)9-4-6-18-7-5-9/h2-8H,17H2,1H3. The maximum Gasteiger partial charge on any atom is 0.230 e. The molecule has 0 aliphatic rings. The number of pyridine rings is 1. The SMILES string of the molecule is COc1ccc(-c2noc(N)c2-c2ccncc2)cc1Br. The van der Waals surface area contributed by atoms with Gasteiger partial charge in [0.15, 0.2) is 0 Å². The number of aromatic nitrogens is 2. The lowest BCUT2D eigenvalue weighted by molar-refractivity contribution is 0.412. The summed E-state index contributed by atoms with van der Waals surface area (Å²) < 4.78 is 11.2. The molecule has 5 nitrogen and oxygen atoms in total. The maximum atomic E-state index is 5.92. The van der Waals surface area contributed by atoms with Gasteiger partial charge in [-0.05, 0) is 51.8 Å². The van der Waals surface area contributed by atoms with E-state index in [1.807, 2.05) is 30.3 Å². The summed E-state index contributed by atoms with van der Waals surface area (Å²) in [5, 5.41) is 4.08. The first-order chi connectivity index (χ1) is 10.2. The lowest BCUT2D eigenvalue weighted by atomic mass is 10.0. The molecule has 3 aromatic rings. The third-order valence-electron chi connectivity index (χ3n) is 3.11. The van der Waals surface area contributed by atoms with Gasteiger partial charge < -0.3 is 15.0 Å². The smallest absolute Gasteiger partial charge is 0.230 e. The van der Waals surface area contributed by atoms with E-state index >= 15 is 0 Å². The van der Waals surface area contributed by atoms with E-state index in [0.29, 0.717) is 5.69 Å². The van der Waals surface area contributed by atoms with E-state index < -0.39 is 0 Å². The Bertz CT molecular complexity index is 772. The summed E-state index contributed by atoms with van der Waals surface area (Å²) in [6.45, 7) is 0. The molecule has 21 heavy (non-hydrogen) atoms. The molecule has 106 valence electrons. The van der Waals surface area contributed by atoms with Gasteiger partial charge in [-0.1, -0.05) is 5.16 Å². The molecule has 0 amide bonds. The van der Waals surface area contributed by atoms with Crippen LogP contribution >= 0.6 is 15.9 Å². The highest BCUT2D eigenvalue weighted by Crippen LogP contribution is 2.38. The van der Waals surface area contributed by atoms with Crippen LogP contribution in [0.5, 0.6) is 5.75 Å². The highest BCUT2D eigenvalue weighted by atomic mass is 79.9. The number of ether oxygens (including phenoxy) is 1. The fourth-order valence-corrected chi connectivity index (χ4v) is 2.65. The van der Waals surface area contributed by atoms with Gasteiger partial charge in [0.1, 0.15) is 11.4 Å². The van der Waals surface area contributed by atoms with Gasteiger partial charge in [0.25, 0.3) is 0 Å². The summed E-state index contributed by atoms with van der Waals surface area (Å²) in [6, 6.07) is 9.42. The van der Waals surface area contributed by atoms with Crippen molar-refractivity contribution in [3.05, 3.63) is 47.2 Å². The van der Waals surface area contributed by atoms with E-state index in [4.69, 9.17) is 15.0 Å². The summed E-state index contributed by atoms with van der Waals surface area (Å²) in [5.41, 5.74) is 9.15. The second-order valence-corrected chi connectivity index (χ2v) is 5.21. The average Bonchev–Trinajstić information content (AvgIpc) is 2.90. The van der Waals surface area contributed by atoms with Crippen molar-refractivity contribution < 1.29 is 9.26 Å². The Kier molecular flexibility index (Phi) is 3.62. The van der Waals surface area contributed by atoms with Crippen LogP contribution in [0.4, 0.5) is 5.88 Å². The average molecular weight is 346 g/mol. The molecule has 0 aliphatic carbocycles. The van der Waals surface area contributed by atoms with Gasteiger partial charge in [0, 0.05) is 18.0 Å². The molecule has 0 saturated carbocycles. The Balaban J connectivity index is 2.14. The molecule has 0 bridgehead atoms. The molecule has 6 heteroatoms. The van der Waals surface area contributed by atoms with Crippen LogP contribution in [0.1, 0.15) is 0 Å². The van der Waals surface area contributed by atoms with Crippen molar-refractivity contribution in [2.24, 2.45) is 0 Å². The molecule has 0 atom stereocenters. The summed E-state index contributed by atoms with van der Waals surface area (Å²) in [6.07, 6.45) is 3.41. The lowest BCUT2D eigenvalue weighted by Gasteiger charge is -2.06. The summed E-state index contributed by atoms with van der Waals surface area (Å²) >= 11 is 3.47. The maximum absolute atomic E-state index is 5.92. The molecule has 1 aromatic carbocycles. The highest BCUT2D eigenvalue weighted by Gasteiger charge is 2.18. The summed E-state index contributed by atoms with van der Waals surface area (Å²) in [7, 11) is 1.62. The molecule has 0 saturated heterocycles. The fraction of sp³-hybridized carbons (Fsp3) is 0.0667. The number of nitrogen functional groups attached to an aromatic ring is 1. The largest absolute Gasteiger partial charge is 0.496 e. The molecule has 0 spiro atoms. The minimum Gasteiger partial charge on any atom is -0.496 e. The highest BCUT2D eigenvalue weighted by molar-refractivity contribution is 9.10. The van der Waals surface area contributed by atoms with E-state index in [1.54, 1.807) is 19.5 Å². The first-order valence-corrected chi connectivity index (χ1v) is 6.99. The van der Waals surface area contributed by atoms with Crippen LogP contribution in [0.15, 0.2) is 51.7 Å². The van der Waals surface area contributed by atoms with Crippen LogP contribution < -0.4 is 10.5 Å². The lowest BCUT2D eigenvalue weighted by Crippen LogP contribution is -1.89. The molecule has 2 N–H and O–H groups in total. The van der Waals surface area contributed by atoms with Crippen molar-refractivity contribution in [1.29, 1.82) is 0 Å². The van der Waals surface area contributed by atoms with E-state index in [-0.39, 0.29) is 5.88 Å². The van der Waals surface area contributed by atoms with Gasteiger partial charge in [-0.3, -0.25) is 4.98 Å². The minimum absolute atomic E-state index is 0.281. The zero-order chi connectivity index (χ0) is 14.8. The van der Waals surface area contributed by atoms with Crippen molar-refractivity contribution in [3.8, 4) is 28.1 Å². The Morgan fingerprint density at radius 3 is 2.57 bits per heavy atom. The number of hydrogen-bond donors (Lipinski definition) is 1. The molecular formula is C15H12BrN3O2. The molecule has 0 unspecified atom stereocenters.